The summed E-state index contributed by atoms with van der Waals surface area (Å²) in [7, 11) is 0. The number of aromatic nitrogens is 1. The molecule has 1 aliphatic rings. The molecule has 0 saturated heterocycles. The Bertz CT molecular complexity index is 936. The Morgan fingerprint density at radius 2 is 1.88 bits per heavy atom. The van der Waals surface area contributed by atoms with Crippen LogP contribution in [0.3, 0.4) is 0 Å². The van der Waals surface area contributed by atoms with Gasteiger partial charge in [0.1, 0.15) is 0 Å². The van der Waals surface area contributed by atoms with Gasteiger partial charge < -0.3 is 9.67 Å². The number of aryl methyl sites for hydroxylation is 1. The predicted molar refractivity (Wildman–Crippen MR) is 95.8 cm³/mol. The third kappa shape index (κ3) is 2.32. The molecule has 1 aromatic heterocycles. The van der Waals surface area contributed by atoms with E-state index in [0.29, 0.717) is 5.56 Å². The molecule has 3 aromatic rings. The largest absolute Gasteiger partial charge is 0.478 e. The summed E-state index contributed by atoms with van der Waals surface area (Å²) in [5, 5.41) is 10.7. The van der Waals surface area contributed by atoms with Gasteiger partial charge in [0.15, 0.2) is 0 Å². The van der Waals surface area contributed by atoms with Gasteiger partial charge in [-0.3, -0.25) is 0 Å². The third-order valence-electron chi connectivity index (χ3n) is 5.29. The number of carboxylic acids is 1. The quantitative estimate of drug-likeness (QED) is 0.768. The minimum absolute atomic E-state index is 0.401. The van der Waals surface area contributed by atoms with E-state index < -0.39 is 5.97 Å². The standard InChI is InChI=1S/C21H21NO2/c1-14-15(7-6-10-16(14)21(23)24)13-22-19-11-4-2-8-17(19)18-9-3-5-12-20(18)22/h2,4,6-8,10-11H,3,5,9,12-13H2,1H3,(H,23,24). The summed E-state index contributed by atoms with van der Waals surface area (Å²) in [6.07, 6.45) is 4.75. The fraction of sp³-hybridized carbons (Fsp3) is 0.286. The van der Waals surface area contributed by atoms with E-state index in [-0.39, 0.29) is 0 Å². The minimum atomic E-state index is -0.853. The molecule has 122 valence electrons. The SMILES string of the molecule is Cc1c(Cn2c3c(c4ccccc42)CCCC3)cccc1C(=O)O. The molecule has 0 bridgehead atoms. The zero-order valence-corrected chi connectivity index (χ0v) is 13.9. The van der Waals surface area contributed by atoms with Gasteiger partial charge in [-0.15, -0.1) is 0 Å². The molecule has 3 nitrogen and oxygen atoms in total. The van der Waals surface area contributed by atoms with Crippen molar-refractivity contribution in [2.45, 2.75) is 39.2 Å². The summed E-state index contributed by atoms with van der Waals surface area (Å²) >= 11 is 0. The van der Waals surface area contributed by atoms with Gasteiger partial charge in [-0.05, 0) is 61.4 Å². The van der Waals surface area contributed by atoms with E-state index in [9.17, 15) is 9.90 Å². The first-order valence-corrected chi connectivity index (χ1v) is 8.57. The van der Waals surface area contributed by atoms with Crippen LogP contribution in [-0.4, -0.2) is 15.6 Å². The number of carbonyl (C=O) groups is 1. The zero-order chi connectivity index (χ0) is 16.7. The highest BCUT2D eigenvalue weighted by Gasteiger charge is 2.20. The van der Waals surface area contributed by atoms with Gasteiger partial charge in [0, 0.05) is 23.1 Å². The van der Waals surface area contributed by atoms with Crippen LogP contribution in [0.5, 0.6) is 0 Å². The van der Waals surface area contributed by atoms with Crippen LogP contribution in [0, 0.1) is 6.92 Å². The molecule has 3 heteroatoms. The van der Waals surface area contributed by atoms with Crippen molar-refractivity contribution >= 4 is 16.9 Å². The molecule has 2 aromatic carbocycles. The summed E-state index contributed by atoms with van der Waals surface area (Å²) in [5.74, 6) is -0.853. The van der Waals surface area contributed by atoms with Crippen molar-refractivity contribution in [1.82, 2.24) is 4.57 Å². The first-order chi connectivity index (χ1) is 11.7. The Kier molecular flexibility index (Phi) is 3.64. The third-order valence-corrected chi connectivity index (χ3v) is 5.29. The molecule has 0 fully saturated rings. The molecular formula is C21H21NO2. The highest BCUT2D eigenvalue weighted by Crippen LogP contribution is 2.33. The van der Waals surface area contributed by atoms with Crippen molar-refractivity contribution < 1.29 is 9.90 Å². The van der Waals surface area contributed by atoms with Crippen LogP contribution < -0.4 is 0 Å². The van der Waals surface area contributed by atoms with E-state index >= 15 is 0 Å². The van der Waals surface area contributed by atoms with Gasteiger partial charge in [-0.2, -0.15) is 0 Å². The fourth-order valence-corrected chi connectivity index (χ4v) is 4.02. The Hall–Kier alpha value is -2.55. The second-order valence-electron chi connectivity index (χ2n) is 6.63. The van der Waals surface area contributed by atoms with Crippen molar-refractivity contribution in [3.05, 3.63) is 70.4 Å². The Labute approximate surface area is 141 Å². The zero-order valence-electron chi connectivity index (χ0n) is 13.9. The van der Waals surface area contributed by atoms with Crippen LogP contribution in [0.1, 0.15) is 45.6 Å². The smallest absolute Gasteiger partial charge is 0.335 e. The molecule has 4 rings (SSSR count). The summed E-state index contributed by atoms with van der Waals surface area (Å²) in [4.78, 5) is 11.4. The molecule has 1 heterocycles. The molecule has 0 amide bonds. The number of benzene rings is 2. The van der Waals surface area contributed by atoms with Crippen molar-refractivity contribution in [2.75, 3.05) is 0 Å². The topological polar surface area (TPSA) is 42.2 Å². The number of hydrogen-bond donors (Lipinski definition) is 1. The predicted octanol–water partition coefficient (Wildman–Crippen LogP) is 4.58. The number of nitrogens with zero attached hydrogens (tertiary/aromatic N) is 1. The summed E-state index contributed by atoms with van der Waals surface area (Å²) in [6, 6.07) is 14.2. The van der Waals surface area contributed by atoms with Gasteiger partial charge in [0.25, 0.3) is 0 Å². The number of aromatic carboxylic acids is 1. The van der Waals surface area contributed by atoms with E-state index in [1.165, 1.54) is 35.0 Å². The highest BCUT2D eigenvalue weighted by molar-refractivity contribution is 5.90. The molecule has 0 saturated carbocycles. The Balaban J connectivity index is 1.87. The molecule has 0 unspecified atom stereocenters. The Morgan fingerprint density at radius 1 is 1.08 bits per heavy atom. The average molecular weight is 319 g/mol. The second kappa shape index (κ2) is 5.82. The molecular weight excluding hydrogens is 298 g/mol. The summed E-state index contributed by atoms with van der Waals surface area (Å²) in [6.45, 7) is 2.65. The number of para-hydroxylation sites is 1. The van der Waals surface area contributed by atoms with Gasteiger partial charge in [0.2, 0.25) is 0 Å². The lowest BCUT2D eigenvalue weighted by atomic mass is 9.95. The summed E-state index contributed by atoms with van der Waals surface area (Å²) in [5.41, 5.74) is 6.55. The van der Waals surface area contributed by atoms with Crippen LogP contribution in [0.25, 0.3) is 10.9 Å². The molecule has 0 radical (unpaired) electrons. The lowest BCUT2D eigenvalue weighted by Crippen LogP contribution is -2.11. The second-order valence-corrected chi connectivity index (χ2v) is 6.63. The first kappa shape index (κ1) is 15.0. The summed E-state index contributed by atoms with van der Waals surface area (Å²) < 4.78 is 2.40. The Morgan fingerprint density at radius 3 is 2.71 bits per heavy atom. The van der Waals surface area contributed by atoms with Crippen molar-refractivity contribution in [3.8, 4) is 0 Å². The van der Waals surface area contributed by atoms with E-state index in [1.54, 1.807) is 6.07 Å². The molecule has 1 N–H and O–H groups in total. The van der Waals surface area contributed by atoms with Gasteiger partial charge in [-0.1, -0.05) is 30.3 Å². The van der Waals surface area contributed by atoms with E-state index in [4.69, 9.17) is 0 Å². The van der Waals surface area contributed by atoms with E-state index in [2.05, 4.69) is 28.8 Å². The van der Waals surface area contributed by atoms with E-state index in [0.717, 1.165) is 30.5 Å². The maximum absolute atomic E-state index is 11.4. The van der Waals surface area contributed by atoms with Crippen LogP contribution in [0.4, 0.5) is 0 Å². The van der Waals surface area contributed by atoms with E-state index in [1.807, 2.05) is 19.1 Å². The molecule has 1 aliphatic carbocycles. The number of hydrogen-bond acceptors (Lipinski definition) is 1. The van der Waals surface area contributed by atoms with Gasteiger partial charge in [-0.25, -0.2) is 4.79 Å². The lowest BCUT2D eigenvalue weighted by Gasteiger charge is -2.17. The lowest BCUT2D eigenvalue weighted by molar-refractivity contribution is 0.0696. The normalized spacial score (nSPS) is 13.9. The average Bonchev–Trinajstić information content (AvgIpc) is 2.91. The molecule has 0 aliphatic heterocycles. The first-order valence-electron chi connectivity index (χ1n) is 8.57. The van der Waals surface area contributed by atoms with Gasteiger partial charge >= 0.3 is 5.97 Å². The number of fused-ring (bicyclic) bond motifs is 3. The minimum Gasteiger partial charge on any atom is -0.478 e. The maximum Gasteiger partial charge on any atom is 0.335 e. The van der Waals surface area contributed by atoms with Gasteiger partial charge in [0.05, 0.1) is 5.56 Å². The van der Waals surface area contributed by atoms with Crippen LogP contribution in [-0.2, 0) is 19.4 Å². The molecule has 0 spiro atoms. The van der Waals surface area contributed by atoms with Crippen molar-refractivity contribution in [3.63, 3.8) is 0 Å². The number of carboxylic acid groups (broad SMARTS) is 1. The number of rotatable bonds is 3. The van der Waals surface area contributed by atoms with Crippen LogP contribution in [0.2, 0.25) is 0 Å². The van der Waals surface area contributed by atoms with Crippen LogP contribution in [0.15, 0.2) is 42.5 Å². The van der Waals surface area contributed by atoms with Crippen LogP contribution >= 0.6 is 0 Å². The molecule has 0 atom stereocenters. The highest BCUT2D eigenvalue weighted by atomic mass is 16.4. The maximum atomic E-state index is 11.4. The monoisotopic (exact) mass is 319 g/mol. The van der Waals surface area contributed by atoms with Crippen molar-refractivity contribution in [1.29, 1.82) is 0 Å². The molecule has 24 heavy (non-hydrogen) atoms. The van der Waals surface area contributed by atoms with Crippen molar-refractivity contribution in [2.24, 2.45) is 0 Å². The fourth-order valence-electron chi connectivity index (χ4n) is 4.02.